The highest BCUT2D eigenvalue weighted by molar-refractivity contribution is 4.95. The second-order valence-corrected chi connectivity index (χ2v) is 3.79. The van der Waals surface area contributed by atoms with Gasteiger partial charge in [-0.1, -0.05) is 0 Å². The number of piperidine rings is 1. The van der Waals surface area contributed by atoms with Crippen LogP contribution in [-0.2, 0) is 0 Å². The van der Waals surface area contributed by atoms with Gasteiger partial charge in [-0.05, 0) is 32.9 Å². The standard InChI is InChI=1S/C9H16N4O/c1-6(10)8-12-13-9(14-8)7-2-4-11-5-3-7/h6-7,11H,2-5,10H2,1H3/t6-/m0/s1. The monoisotopic (exact) mass is 196 g/mol. The summed E-state index contributed by atoms with van der Waals surface area (Å²) >= 11 is 0. The van der Waals surface area contributed by atoms with Gasteiger partial charge in [0.05, 0.1) is 6.04 Å². The van der Waals surface area contributed by atoms with Crippen molar-refractivity contribution in [2.75, 3.05) is 13.1 Å². The average Bonchev–Trinajstić information content (AvgIpc) is 2.68. The van der Waals surface area contributed by atoms with E-state index in [4.69, 9.17) is 10.2 Å². The number of hydrogen-bond donors (Lipinski definition) is 2. The first kappa shape index (κ1) is 9.61. The van der Waals surface area contributed by atoms with Crippen LogP contribution in [0.2, 0.25) is 0 Å². The summed E-state index contributed by atoms with van der Waals surface area (Å²) in [5, 5.41) is 11.3. The minimum atomic E-state index is -0.169. The molecule has 0 unspecified atom stereocenters. The molecule has 1 aliphatic rings. The van der Waals surface area contributed by atoms with E-state index in [9.17, 15) is 0 Å². The Morgan fingerprint density at radius 1 is 1.43 bits per heavy atom. The summed E-state index contributed by atoms with van der Waals surface area (Å²) in [6, 6.07) is -0.169. The molecular formula is C9H16N4O. The fourth-order valence-corrected chi connectivity index (χ4v) is 1.66. The Balaban J connectivity index is 2.07. The van der Waals surface area contributed by atoms with Crippen molar-refractivity contribution in [1.29, 1.82) is 0 Å². The topological polar surface area (TPSA) is 77.0 Å². The van der Waals surface area contributed by atoms with Gasteiger partial charge in [0.15, 0.2) is 0 Å². The quantitative estimate of drug-likeness (QED) is 0.722. The lowest BCUT2D eigenvalue weighted by Crippen LogP contribution is -2.26. The van der Waals surface area contributed by atoms with E-state index in [-0.39, 0.29) is 6.04 Å². The number of hydrogen-bond acceptors (Lipinski definition) is 5. The zero-order chi connectivity index (χ0) is 9.97. The van der Waals surface area contributed by atoms with Crippen LogP contribution in [0.3, 0.4) is 0 Å². The molecule has 1 aromatic heterocycles. The van der Waals surface area contributed by atoms with E-state index in [0.717, 1.165) is 31.8 Å². The molecule has 1 aliphatic heterocycles. The maximum atomic E-state index is 5.65. The van der Waals surface area contributed by atoms with Gasteiger partial charge < -0.3 is 15.5 Å². The first-order valence-corrected chi connectivity index (χ1v) is 5.07. The molecule has 1 atom stereocenters. The van der Waals surface area contributed by atoms with Crippen molar-refractivity contribution in [3.8, 4) is 0 Å². The molecule has 0 saturated carbocycles. The van der Waals surface area contributed by atoms with E-state index in [1.807, 2.05) is 6.92 Å². The van der Waals surface area contributed by atoms with Crippen LogP contribution < -0.4 is 11.1 Å². The Hall–Kier alpha value is -0.940. The van der Waals surface area contributed by atoms with Crippen molar-refractivity contribution in [2.24, 2.45) is 5.73 Å². The van der Waals surface area contributed by atoms with E-state index in [1.165, 1.54) is 0 Å². The predicted octanol–water partition coefficient (Wildman–Crippen LogP) is 0.556. The smallest absolute Gasteiger partial charge is 0.232 e. The van der Waals surface area contributed by atoms with E-state index in [0.29, 0.717) is 11.8 Å². The van der Waals surface area contributed by atoms with Crippen LogP contribution in [0.1, 0.15) is 43.5 Å². The van der Waals surface area contributed by atoms with Crippen molar-refractivity contribution in [2.45, 2.75) is 31.7 Å². The maximum Gasteiger partial charge on any atom is 0.232 e. The lowest BCUT2D eigenvalue weighted by atomic mass is 9.98. The van der Waals surface area contributed by atoms with Crippen molar-refractivity contribution < 1.29 is 4.42 Å². The van der Waals surface area contributed by atoms with Crippen LogP contribution in [0.15, 0.2) is 4.42 Å². The summed E-state index contributed by atoms with van der Waals surface area (Å²) in [7, 11) is 0. The lowest BCUT2D eigenvalue weighted by Gasteiger charge is -2.18. The molecule has 0 aromatic carbocycles. The van der Waals surface area contributed by atoms with Crippen LogP contribution in [0, 0.1) is 0 Å². The number of nitrogens with zero attached hydrogens (tertiary/aromatic N) is 2. The summed E-state index contributed by atoms with van der Waals surface area (Å²) in [6.45, 7) is 3.90. The highest BCUT2D eigenvalue weighted by Gasteiger charge is 2.21. The Kier molecular flexibility index (Phi) is 2.79. The minimum Gasteiger partial charge on any atom is -0.423 e. The third kappa shape index (κ3) is 1.93. The minimum absolute atomic E-state index is 0.169. The molecule has 2 rings (SSSR count). The molecule has 0 radical (unpaired) electrons. The van der Waals surface area contributed by atoms with Crippen LogP contribution >= 0.6 is 0 Å². The maximum absolute atomic E-state index is 5.65. The molecule has 0 spiro atoms. The van der Waals surface area contributed by atoms with Crippen molar-refractivity contribution in [3.05, 3.63) is 11.8 Å². The Morgan fingerprint density at radius 3 is 2.71 bits per heavy atom. The Labute approximate surface area is 83.1 Å². The zero-order valence-electron chi connectivity index (χ0n) is 8.36. The van der Waals surface area contributed by atoms with Gasteiger partial charge in [0.1, 0.15) is 0 Å². The molecule has 0 bridgehead atoms. The molecule has 1 aromatic rings. The van der Waals surface area contributed by atoms with Gasteiger partial charge in [0.25, 0.3) is 0 Å². The first-order chi connectivity index (χ1) is 6.77. The van der Waals surface area contributed by atoms with E-state index >= 15 is 0 Å². The molecule has 3 N–H and O–H groups in total. The van der Waals surface area contributed by atoms with Gasteiger partial charge >= 0.3 is 0 Å². The van der Waals surface area contributed by atoms with E-state index < -0.39 is 0 Å². The molecule has 0 amide bonds. The second kappa shape index (κ2) is 4.06. The molecule has 14 heavy (non-hydrogen) atoms. The van der Waals surface area contributed by atoms with Crippen LogP contribution in [0.25, 0.3) is 0 Å². The van der Waals surface area contributed by atoms with E-state index in [1.54, 1.807) is 0 Å². The molecule has 78 valence electrons. The average molecular weight is 196 g/mol. The molecule has 1 fully saturated rings. The fourth-order valence-electron chi connectivity index (χ4n) is 1.66. The van der Waals surface area contributed by atoms with E-state index in [2.05, 4.69) is 15.5 Å². The summed E-state index contributed by atoms with van der Waals surface area (Å²) in [5.41, 5.74) is 5.65. The molecular weight excluding hydrogens is 180 g/mol. The highest BCUT2D eigenvalue weighted by atomic mass is 16.4. The third-order valence-corrected chi connectivity index (χ3v) is 2.53. The van der Waals surface area contributed by atoms with Gasteiger partial charge in [-0.2, -0.15) is 0 Å². The summed E-state index contributed by atoms with van der Waals surface area (Å²) in [4.78, 5) is 0. The van der Waals surface area contributed by atoms with Crippen LogP contribution in [-0.4, -0.2) is 23.3 Å². The molecule has 5 heteroatoms. The van der Waals surface area contributed by atoms with Crippen molar-refractivity contribution in [1.82, 2.24) is 15.5 Å². The first-order valence-electron chi connectivity index (χ1n) is 5.07. The van der Waals surface area contributed by atoms with Gasteiger partial charge in [0, 0.05) is 5.92 Å². The zero-order valence-corrected chi connectivity index (χ0v) is 8.36. The van der Waals surface area contributed by atoms with Crippen LogP contribution in [0.4, 0.5) is 0 Å². The van der Waals surface area contributed by atoms with Gasteiger partial charge in [-0.15, -0.1) is 10.2 Å². The third-order valence-electron chi connectivity index (χ3n) is 2.53. The normalized spacial score (nSPS) is 21.0. The van der Waals surface area contributed by atoms with Gasteiger partial charge in [0.2, 0.25) is 11.8 Å². The summed E-state index contributed by atoms with van der Waals surface area (Å²) in [5.74, 6) is 1.70. The molecule has 2 heterocycles. The summed E-state index contributed by atoms with van der Waals surface area (Å²) in [6.07, 6.45) is 2.14. The molecule has 0 aliphatic carbocycles. The second-order valence-electron chi connectivity index (χ2n) is 3.79. The fraction of sp³-hybridized carbons (Fsp3) is 0.778. The largest absolute Gasteiger partial charge is 0.423 e. The summed E-state index contributed by atoms with van der Waals surface area (Å²) < 4.78 is 5.51. The van der Waals surface area contributed by atoms with Gasteiger partial charge in [-0.3, -0.25) is 0 Å². The molecule has 1 saturated heterocycles. The highest BCUT2D eigenvalue weighted by Crippen LogP contribution is 2.24. The van der Waals surface area contributed by atoms with Crippen molar-refractivity contribution >= 4 is 0 Å². The molecule has 5 nitrogen and oxygen atoms in total. The van der Waals surface area contributed by atoms with Crippen LogP contribution in [0.5, 0.6) is 0 Å². The number of rotatable bonds is 2. The van der Waals surface area contributed by atoms with Crippen molar-refractivity contribution in [3.63, 3.8) is 0 Å². The Bertz CT molecular complexity index is 291. The predicted molar refractivity (Wildman–Crippen MR) is 51.7 cm³/mol. The number of nitrogens with one attached hydrogen (secondary N) is 1. The van der Waals surface area contributed by atoms with Gasteiger partial charge in [-0.25, -0.2) is 0 Å². The SMILES string of the molecule is C[C@H](N)c1nnc(C2CCNCC2)o1. The lowest BCUT2D eigenvalue weighted by molar-refractivity contribution is 0.353. The Morgan fingerprint density at radius 2 is 2.14 bits per heavy atom. The number of aromatic nitrogens is 2. The number of nitrogens with two attached hydrogens (primary N) is 1.